The lowest BCUT2D eigenvalue weighted by Gasteiger charge is -2.19. The molecule has 0 aromatic heterocycles. The zero-order valence-electron chi connectivity index (χ0n) is 13.0. The number of nitrogens with two attached hydrogens (primary N) is 1. The van der Waals surface area contributed by atoms with Crippen LogP contribution < -0.4 is 11.1 Å². The van der Waals surface area contributed by atoms with E-state index in [4.69, 9.17) is 19.9 Å². The van der Waals surface area contributed by atoms with Crippen LogP contribution in [-0.2, 0) is 14.2 Å². The van der Waals surface area contributed by atoms with Gasteiger partial charge in [0, 0.05) is 13.1 Å². The van der Waals surface area contributed by atoms with Crippen molar-refractivity contribution in [2.24, 2.45) is 5.73 Å². The molecular formula is C13H30N2O4. The Hall–Kier alpha value is -0.850. The van der Waals surface area contributed by atoms with Crippen LogP contribution in [0.2, 0.25) is 0 Å². The van der Waals surface area contributed by atoms with E-state index >= 15 is 0 Å². The van der Waals surface area contributed by atoms with Crippen molar-refractivity contribution in [3.8, 4) is 0 Å². The van der Waals surface area contributed by atoms with Crippen molar-refractivity contribution in [1.82, 2.24) is 5.32 Å². The number of ether oxygens (including phenoxy) is 3. The predicted octanol–water partition coefficient (Wildman–Crippen LogP) is 1.53. The summed E-state index contributed by atoms with van der Waals surface area (Å²) in [6.07, 6.45) is -0.430. The van der Waals surface area contributed by atoms with Crippen LogP contribution in [0.3, 0.4) is 0 Å². The van der Waals surface area contributed by atoms with Crippen molar-refractivity contribution in [3.05, 3.63) is 0 Å². The summed E-state index contributed by atoms with van der Waals surface area (Å²) in [6.45, 7) is 12.4. The van der Waals surface area contributed by atoms with Gasteiger partial charge < -0.3 is 25.3 Å². The molecule has 116 valence electrons. The quantitative estimate of drug-likeness (QED) is 0.658. The third-order valence-electron chi connectivity index (χ3n) is 1.55. The van der Waals surface area contributed by atoms with E-state index < -0.39 is 11.7 Å². The fraction of sp³-hybridized carbons (Fsp3) is 0.923. The van der Waals surface area contributed by atoms with Gasteiger partial charge in [0.15, 0.2) is 0 Å². The van der Waals surface area contributed by atoms with Gasteiger partial charge in [-0.2, -0.15) is 0 Å². The molecule has 0 aliphatic rings. The van der Waals surface area contributed by atoms with Gasteiger partial charge in [0.2, 0.25) is 0 Å². The fourth-order valence-electron chi connectivity index (χ4n) is 0.945. The highest BCUT2D eigenvalue weighted by atomic mass is 16.6. The molecule has 0 saturated carbocycles. The zero-order chi connectivity index (χ0) is 15.1. The van der Waals surface area contributed by atoms with Gasteiger partial charge >= 0.3 is 6.09 Å². The number of carbonyl (C=O) groups excluding carboxylic acids is 1. The smallest absolute Gasteiger partial charge is 0.407 e. The summed E-state index contributed by atoms with van der Waals surface area (Å²) >= 11 is 0. The van der Waals surface area contributed by atoms with Gasteiger partial charge in [-0.05, 0) is 20.8 Å². The average molecular weight is 278 g/mol. The maximum Gasteiger partial charge on any atom is 0.407 e. The standard InChI is InChI=1S/C11H24N2O4.C2H6/c1-11(2,3)17-10(14)13-5-7-16-9-8-15-6-4-12;1-2/h4-9,12H2,1-3H3,(H,13,14);1-2H3. The molecule has 0 unspecified atom stereocenters. The minimum Gasteiger partial charge on any atom is -0.444 e. The van der Waals surface area contributed by atoms with Crippen LogP contribution in [0, 0.1) is 0 Å². The Bertz CT molecular complexity index is 205. The van der Waals surface area contributed by atoms with E-state index in [1.54, 1.807) is 0 Å². The third kappa shape index (κ3) is 19.7. The van der Waals surface area contributed by atoms with Crippen molar-refractivity contribution in [1.29, 1.82) is 0 Å². The van der Waals surface area contributed by atoms with Crippen molar-refractivity contribution >= 4 is 6.09 Å². The van der Waals surface area contributed by atoms with Gasteiger partial charge in [0.25, 0.3) is 0 Å². The number of hydrogen-bond acceptors (Lipinski definition) is 5. The first-order valence-corrected chi connectivity index (χ1v) is 6.78. The molecule has 1 amide bonds. The van der Waals surface area contributed by atoms with Crippen LogP contribution in [-0.4, -0.2) is 51.2 Å². The second kappa shape index (κ2) is 13.6. The van der Waals surface area contributed by atoms with E-state index in [9.17, 15) is 4.79 Å². The monoisotopic (exact) mass is 278 g/mol. The van der Waals surface area contributed by atoms with Gasteiger partial charge in [-0.15, -0.1) is 0 Å². The highest BCUT2D eigenvalue weighted by molar-refractivity contribution is 5.67. The van der Waals surface area contributed by atoms with Crippen molar-refractivity contribution in [3.63, 3.8) is 0 Å². The Kier molecular flexibility index (Phi) is 14.6. The van der Waals surface area contributed by atoms with Gasteiger partial charge in [-0.1, -0.05) is 13.8 Å². The zero-order valence-corrected chi connectivity index (χ0v) is 13.0. The number of hydrogen-bond donors (Lipinski definition) is 2. The summed E-state index contributed by atoms with van der Waals surface area (Å²) in [5, 5.41) is 2.59. The lowest BCUT2D eigenvalue weighted by Crippen LogP contribution is -2.34. The Morgan fingerprint density at radius 3 is 2.05 bits per heavy atom. The largest absolute Gasteiger partial charge is 0.444 e. The van der Waals surface area contributed by atoms with Gasteiger partial charge in [0.05, 0.1) is 26.4 Å². The van der Waals surface area contributed by atoms with E-state index in [2.05, 4.69) is 5.32 Å². The fourth-order valence-corrected chi connectivity index (χ4v) is 0.945. The highest BCUT2D eigenvalue weighted by Gasteiger charge is 2.15. The molecule has 0 aliphatic heterocycles. The molecule has 6 heteroatoms. The normalized spacial score (nSPS) is 10.4. The number of amides is 1. The van der Waals surface area contributed by atoms with Crippen LogP contribution in [0.1, 0.15) is 34.6 Å². The summed E-state index contributed by atoms with van der Waals surface area (Å²) in [4.78, 5) is 11.2. The Morgan fingerprint density at radius 2 is 1.58 bits per heavy atom. The Labute approximate surface area is 117 Å². The van der Waals surface area contributed by atoms with E-state index in [1.807, 2.05) is 34.6 Å². The average Bonchev–Trinajstić information content (AvgIpc) is 2.33. The molecule has 0 aliphatic carbocycles. The van der Waals surface area contributed by atoms with Crippen LogP contribution in [0.15, 0.2) is 0 Å². The summed E-state index contributed by atoms with van der Waals surface area (Å²) in [7, 11) is 0. The molecule has 0 bridgehead atoms. The van der Waals surface area contributed by atoms with Crippen molar-refractivity contribution in [2.75, 3.05) is 39.5 Å². The molecule has 19 heavy (non-hydrogen) atoms. The minimum atomic E-state index is -0.471. The Balaban J connectivity index is 0. The van der Waals surface area contributed by atoms with Crippen molar-refractivity contribution < 1.29 is 19.0 Å². The van der Waals surface area contributed by atoms with Crippen molar-refractivity contribution in [2.45, 2.75) is 40.2 Å². The molecule has 0 spiro atoms. The summed E-state index contributed by atoms with van der Waals surface area (Å²) in [5.74, 6) is 0. The number of nitrogens with one attached hydrogen (secondary N) is 1. The molecule has 0 atom stereocenters. The van der Waals surface area contributed by atoms with Crippen LogP contribution in [0.25, 0.3) is 0 Å². The van der Waals surface area contributed by atoms with Gasteiger partial charge in [0.1, 0.15) is 5.60 Å². The first-order valence-electron chi connectivity index (χ1n) is 6.78. The predicted molar refractivity (Wildman–Crippen MR) is 76.3 cm³/mol. The molecule has 0 rings (SSSR count). The van der Waals surface area contributed by atoms with E-state index in [1.165, 1.54) is 0 Å². The Morgan fingerprint density at radius 1 is 1.05 bits per heavy atom. The van der Waals surface area contributed by atoms with Crippen LogP contribution >= 0.6 is 0 Å². The molecule has 0 radical (unpaired) electrons. The van der Waals surface area contributed by atoms with Crippen LogP contribution in [0.4, 0.5) is 4.79 Å². The number of carbonyl (C=O) groups is 1. The lowest BCUT2D eigenvalue weighted by molar-refractivity contribution is 0.0412. The second-order valence-corrected chi connectivity index (χ2v) is 4.44. The SMILES string of the molecule is CC.CC(C)(C)OC(=O)NCCOCCOCCN. The molecule has 0 aromatic carbocycles. The molecule has 0 fully saturated rings. The number of alkyl carbamates (subject to hydrolysis) is 1. The van der Waals surface area contributed by atoms with E-state index in [0.717, 1.165) is 0 Å². The highest BCUT2D eigenvalue weighted by Crippen LogP contribution is 2.05. The first-order chi connectivity index (χ1) is 8.95. The molecule has 6 nitrogen and oxygen atoms in total. The molecule has 0 saturated heterocycles. The van der Waals surface area contributed by atoms with E-state index in [0.29, 0.717) is 39.5 Å². The second-order valence-electron chi connectivity index (χ2n) is 4.44. The van der Waals surface area contributed by atoms with Gasteiger partial charge in [-0.3, -0.25) is 0 Å². The number of rotatable bonds is 8. The van der Waals surface area contributed by atoms with Crippen LogP contribution in [0.5, 0.6) is 0 Å². The maximum atomic E-state index is 11.2. The molecule has 0 aromatic rings. The molecular weight excluding hydrogens is 248 g/mol. The molecule has 0 heterocycles. The van der Waals surface area contributed by atoms with E-state index in [-0.39, 0.29) is 0 Å². The summed E-state index contributed by atoms with van der Waals surface area (Å²) in [5.41, 5.74) is 4.78. The summed E-state index contributed by atoms with van der Waals surface area (Å²) < 4.78 is 15.4. The first kappa shape index (κ1) is 20.5. The molecule has 3 N–H and O–H groups in total. The topological polar surface area (TPSA) is 82.8 Å². The minimum absolute atomic E-state index is 0.422. The third-order valence-corrected chi connectivity index (χ3v) is 1.55. The van der Waals surface area contributed by atoms with Gasteiger partial charge in [-0.25, -0.2) is 4.79 Å². The lowest BCUT2D eigenvalue weighted by atomic mass is 10.2. The maximum absolute atomic E-state index is 11.2. The summed E-state index contributed by atoms with van der Waals surface area (Å²) in [6, 6.07) is 0.